The van der Waals surface area contributed by atoms with E-state index < -0.39 is 0 Å². The molecule has 1 heterocycles. The van der Waals surface area contributed by atoms with Crippen molar-refractivity contribution in [1.82, 2.24) is 9.97 Å². The molecule has 0 amide bonds. The Morgan fingerprint density at radius 3 is 3.08 bits per heavy atom. The van der Waals surface area contributed by atoms with Gasteiger partial charge in [0.15, 0.2) is 0 Å². The minimum absolute atomic E-state index is 0.483. The van der Waals surface area contributed by atoms with E-state index in [2.05, 4.69) is 16.0 Å². The number of nitrogens with zero attached hydrogens (tertiary/aromatic N) is 3. The zero-order valence-corrected chi connectivity index (χ0v) is 6.70. The summed E-state index contributed by atoms with van der Waals surface area (Å²) in [5, 5.41) is 8.28. The van der Waals surface area contributed by atoms with Crippen molar-refractivity contribution in [2.45, 2.75) is 19.3 Å². The fraction of sp³-hybridized carbons (Fsp3) is 0.375. The first-order chi connectivity index (χ1) is 5.83. The van der Waals surface area contributed by atoms with Gasteiger partial charge in [-0.2, -0.15) is 5.26 Å². The van der Waals surface area contributed by atoms with Crippen LogP contribution in [-0.4, -0.2) is 9.97 Å². The molecule has 62 valence electrons. The van der Waals surface area contributed by atoms with Crippen LogP contribution in [0.2, 0.25) is 0 Å². The van der Waals surface area contributed by atoms with Crippen LogP contribution in [0, 0.1) is 11.3 Å². The molecule has 1 aromatic heterocycles. The van der Waals surface area contributed by atoms with Gasteiger partial charge >= 0.3 is 0 Å². The number of nitriles is 1. The van der Waals surface area contributed by atoms with Gasteiger partial charge in [0.1, 0.15) is 11.6 Å². The number of unbranched alkanes of at least 4 members (excludes halogenated alkanes) is 1. The fourth-order valence-electron chi connectivity index (χ4n) is 0.861. The number of nitrogen functional groups attached to an aromatic ring is 1. The Labute approximate surface area is 71.1 Å². The van der Waals surface area contributed by atoms with E-state index in [4.69, 9.17) is 11.0 Å². The second kappa shape index (κ2) is 4.29. The molecule has 2 N–H and O–H groups in total. The van der Waals surface area contributed by atoms with Crippen molar-refractivity contribution in [2.24, 2.45) is 0 Å². The van der Waals surface area contributed by atoms with Crippen molar-refractivity contribution in [1.29, 1.82) is 5.26 Å². The van der Waals surface area contributed by atoms with Crippen LogP contribution >= 0.6 is 0 Å². The monoisotopic (exact) mass is 162 g/mol. The maximum atomic E-state index is 8.28. The van der Waals surface area contributed by atoms with Crippen LogP contribution in [0.5, 0.6) is 0 Å². The molecule has 12 heavy (non-hydrogen) atoms. The van der Waals surface area contributed by atoms with Gasteiger partial charge in [0.05, 0.1) is 6.07 Å². The predicted octanol–water partition coefficient (Wildman–Crippen LogP) is 0.905. The number of rotatable bonds is 3. The molecule has 4 heteroatoms. The molecule has 0 aliphatic rings. The van der Waals surface area contributed by atoms with Crippen LogP contribution in [-0.2, 0) is 6.42 Å². The number of aryl methyl sites for hydroxylation is 1. The maximum absolute atomic E-state index is 8.28. The molecule has 0 aromatic carbocycles. The van der Waals surface area contributed by atoms with Crippen LogP contribution in [0.25, 0.3) is 0 Å². The molecule has 0 radical (unpaired) electrons. The summed E-state index contributed by atoms with van der Waals surface area (Å²) in [6.07, 6.45) is 3.68. The summed E-state index contributed by atoms with van der Waals surface area (Å²) in [5.74, 6) is 1.20. The molecule has 0 spiro atoms. The highest BCUT2D eigenvalue weighted by Gasteiger charge is 1.95. The third-order valence-corrected chi connectivity index (χ3v) is 1.42. The molecular formula is C8H10N4. The van der Waals surface area contributed by atoms with Crippen molar-refractivity contribution in [3.63, 3.8) is 0 Å². The second-order valence-electron chi connectivity index (χ2n) is 2.41. The zero-order valence-electron chi connectivity index (χ0n) is 6.70. The van der Waals surface area contributed by atoms with Gasteiger partial charge in [-0.25, -0.2) is 9.97 Å². The highest BCUT2D eigenvalue weighted by molar-refractivity contribution is 5.24. The lowest BCUT2D eigenvalue weighted by atomic mass is 10.2. The lowest BCUT2D eigenvalue weighted by molar-refractivity contribution is 0.793. The minimum Gasteiger partial charge on any atom is -0.384 e. The lowest BCUT2D eigenvalue weighted by Gasteiger charge is -1.97. The summed E-state index contributed by atoms with van der Waals surface area (Å²) in [5.41, 5.74) is 5.45. The zero-order chi connectivity index (χ0) is 8.81. The van der Waals surface area contributed by atoms with Crippen molar-refractivity contribution in [3.05, 3.63) is 18.1 Å². The molecule has 0 atom stereocenters. The summed E-state index contributed by atoms with van der Waals surface area (Å²) in [6.45, 7) is 0. The van der Waals surface area contributed by atoms with E-state index in [-0.39, 0.29) is 0 Å². The topological polar surface area (TPSA) is 75.6 Å². The second-order valence-corrected chi connectivity index (χ2v) is 2.41. The van der Waals surface area contributed by atoms with Crippen molar-refractivity contribution >= 4 is 5.82 Å². The van der Waals surface area contributed by atoms with E-state index in [1.807, 2.05) is 0 Å². The number of aromatic nitrogens is 2. The Balaban J connectivity index is 2.48. The number of hydrogen-bond acceptors (Lipinski definition) is 4. The summed E-state index contributed by atoms with van der Waals surface area (Å²) in [4.78, 5) is 8.01. The van der Waals surface area contributed by atoms with Gasteiger partial charge in [-0.05, 0) is 12.5 Å². The van der Waals surface area contributed by atoms with Gasteiger partial charge in [0.2, 0.25) is 0 Å². The Hall–Kier alpha value is -1.63. The van der Waals surface area contributed by atoms with Gasteiger partial charge in [0, 0.05) is 19.0 Å². The Morgan fingerprint density at radius 2 is 2.42 bits per heavy atom. The molecule has 4 nitrogen and oxygen atoms in total. The van der Waals surface area contributed by atoms with Gasteiger partial charge in [0.25, 0.3) is 0 Å². The van der Waals surface area contributed by atoms with Crippen LogP contribution < -0.4 is 5.73 Å². The van der Waals surface area contributed by atoms with Crippen molar-refractivity contribution < 1.29 is 0 Å². The average Bonchev–Trinajstić information content (AvgIpc) is 2.05. The molecule has 1 aromatic rings. The fourth-order valence-corrected chi connectivity index (χ4v) is 0.861. The van der Waals surface area contributed by atoms with Gasteiger partial charge in [-0.3, -0.25) is 0 Å². The van der Waals surface area contributed by atoms with Crippen molar-refractivity contribution in [3.8, 4) is 6.07 Å². The molecular weight excluding hydrogens is 152 g/mol. The Kier molecular flexibility index (Phi) is 3.03. The molecule has 0 saturated carbocycles. The average molecular weight is 162 g/mol. The van der Waals surface area contributed by atoms with Crippen LogP contribution in [0.1, 0.15) is 18.7 Å². The number of hydrogen-bond donors (Lipinski definition) is 1. The smallest absolute Gasteiger partial charge is 0.130 e. The third-order valence-electron chi connectivity index (χ3n) is 1.42. The summed E-state index contributed by atoms with van der Waals surface area (Å²) in [7, 11) is 0. The summed E-state index contributed by atoms with van der Waals surface area (Å²) < 4.78 is 0. The van der Waals surface area contributed by atoms with E-state index in [1.165, 1.54) is 0 Å². The largest absolute Gasteiger partial charge is 0.384 e. The van der Waals surface area contributed by atoms with Gasteiger partial charge in [-0.1, -0.05) is 0 Å². The van der Waals surface area contributed by atoms with E-state index in [9.17, 15) is 0 Å². The molecule has 0 unspecified atom stereocenters. The molecule has 1 rings (SSSR count). The van der Waals surface area contributed by atoms with E-state index in [0.717, 1.165) is 12.8 Å². The number of nitrogens with two attached hydrogens (primary N) is 1. The standard InChI is InChI=1S/C8H10N4/c9-5-2-1-3-8-11-6-4-7(10)12-8/h4,6H,1-3H2,(H2,10,11,12). The molecule has 0 saturated heterocycles. The Morgan fingerprint density at radius 1 is 1.58 bits per heavy atom. The maximum Gasteiger partial charge on any atom is 0.130 e. The molecule has 0 aliphatic heterocycles. The van der Waals surface area contributed by atoms with E-state index in [1.54, 1.807) is 12.3 Å². The first-order valence-electron chi connectivity index (χ1n) is 3.77. The third kappa shape index (κ3) is 2.54. The highest BCUT2D eigenvalue weighted by atomic mass is 14.9. The first-order valence-corrected chi connectivity index (χ1v) is 3.77. The van der Waals surface area contributed by atoms with Crippen LogP contribution in [0.3, 0.4) is 0 Å². The Bertz CT molecular complexity index is 289. The van der Waals surface area contributed by atoms with Gasteiger partial charge < -0.3 is 5.73 Å². The lowest BCUT2D eigenvalue weighted by Crippen LogP contribution is -1.98. The summed E-state index contributed by atoms with van der Waals surface area (Å²) >= 11 is 0. The summed E-state index contributed by atoms with van der Waals surface area (Å²) in [6, 6.07) is 3.71. The van der Waals surface area contributed by atoms with E-state index in [0.29, 0.717) is 18.1 Å². The van der Waals surface area contributed by atoms with Crippen LogP contribution in [0.4, 0.5) is 5.82 Å². The van der Waals surface area contributed by atoms with Gasteiger partial charge in [-0.15, -0.1) is 0 Å². The highest BCUT2D eigenvalue weighted by Crippen LogP contribution is 2.00. The normalized spacial score (nSPS) is 9.25. The molecule has 0 aliphatic carbocycles. The minimum atomic E-state index is 0.483. The first kappa shape index (κ1) is 8.47. The predicted molar refractivity (Wildman–Crippen MR) is 45.0 cm³/mol. The quantitative estimate of drug-likeness (QED) is 0.670. The molecule has 0 fully saturated rings. The van der Waals surface area contributed by atoms with E-state index >= 15 is 0 Å². The SMILES string of the molecule is N#CCCCc1nccc(N)n1. The van der Waals surface area contributed by atoms with Crippen molar-refractivity contribution in [2.75, 3.05) is 5.73 Å². The number of anilines is 1. The molecule has 0 bridgehead atoms. The van der Waals surface area contributed by atoms with Crippen LogP contribution in [0.15, 0.2) is 12.3 Å².